The van der Waals surface area contributed by atoms with Gasteiger partial charge in [0.15, 0.2) is 0 Å². The number of nitrogens with two attached hydrogens (primary N) is 1. The molecule has 0 aromatic heterocycles. The fourth-order valence-electron chi connectivity index (χ4n) is 0.756. The standard InChI is InChI=1S/C6H11N3O4/c7-6(10)5(8-11)3-1-2-4-9(12)13/h11H,1-4H2,(H2,7,10)/b8-5+. The van der Waals surface area contributed by atoms with Gasteiger partial charge >= 0.3 is 0 Å². The van der Waals surface area contributed by atoms with Crippen molar-refractivity contribution in [3.8, 4) is 0 Å². The molecule has 0 rings (SSSR count). The first-order valence-corrected chi connectivity index (χ1v) is 3.70. The van der Waals surface area contributed by atoms with Gasteiger partial charge in [-0.25, -0.2) is 0 Å². The Morgan fingerprint density at radius 1 is 1.54 bits per heavy atom. The molecule has 0 heterocycles. The van der Waals surface area contributed by atoms with Crippen molar-refractivity contribution in [2.24, 2.45) is 10.9 Å². The lowest BCUT2D eigenvalue weighted by Crippen LogP contribution is -2.23. The Morgan fingerprint density at radius 2 is 2.15 bits per heavy atom. The van der Waals surface area contributed by atoms with E-state index >= 15 is 0 Å². The average molecular weight is 189 g/mol. The van der Waals surface area contributed by atoms with Crippen molar-refractivity contribution in [3.05, 3.63) is 10.1 Å². The predicted octanol–water partition coefficient (Wildman–Crippen LogP) is -0.251. The summed E-state index contributed by atoms with van der Waals surface area (Å²) >= 11 is 0. The highest BCUT2D eigenvalue weighted by atomic mass is 16.6. The lowest BCUT2D eigenvalue weighted by Gasteiger charge is -1.97. The van der Waals surface area contributed by atoms with E-state index in [1.54, 1.807) is 0 Å². The molecule has 0 saturated carbocycles. The third-order valence-electron chi connectivity index (χ3n) is 1.41. The molecule has 0 atom stereocenters. The summed E-state index contributed by atoms with van der Waals surface area (Å²) in [6.45, 7) is -0.155. The zero-order valence-electron chi connectivity index (χ0n) is 6.97. The Labute approximate surface area is 74.4 Å². The number of hydrogen-bond donors (Lipinski definition) is 2. The molecule has 74 valence electrons. The summed E-state index contributed by atoms with van der Waals surface area (Å²) in [5.41, 5.74) is 4.68. The number of nitrogens with zero attached hydrogens (tertiary/aromatic N) is 2. The highest BCUT2D eigenvalue weighted by Gasteiger charge is 2.07. The van der Waals surface area contributed by atoms with Crippen LogP contribution in [0.15, 0.2) is 5.16 Å². The maximum Gasteiger partial charge on any atom is 0.266 e. The second-order valence-corrected chi connectivity index (χ2v) is 2.42. The molecule has 3 N–H and O–H groups in total. The largest absolute Gasteiger partial charge is 0.410 e. The van der Waals surface area contributed by atoms with Crippen molar-refractivity contribution >= 4 is 11.6 Å². The summed E-state index contributed by atoms with van der Waals surface area (Å²) in [6, 6.07) is 0. The number of amides is 1. The minimum absolute atomic E-state index is 0.150. The van der Waals surface area contributed by atoms with E-state index < -0.39 is 10.8 Å². The van der Waals surface area contributed by atoms with E-state index in [1.807, 2.05) is 0 Å². The summed E-state index contributed by atoms with van der Waals surface area (Å²) in [5, 5.41) is 20.8. The number of nitro groups is 1. The zero-order chi connectivity index (χ0) is 10.3. The molecule has 7 heteroatoms. The molecular weight excluding hydrogens is 178 g/mol. The van der Waals surface area contributed by atoms with Gasteiger partial charge in [0.1, 0.15) is 5.71 Å². The first-order valence-electron chi connectivity index (χ1n) is 3.70. The number of unbranched alkanes of at least 4 members (excludes halogenated alkanes) is 1. The lowest BCUT2D eigenvalue weighted by molar-refractivity contribution is -0.480. The Kier molecular flexibility index (Phi) is 5.17. The highest BCUT2D eigenvalue weighted by molar-refractivity contribution is 6.38. The zero-order valence-corrected chi connectivity index (χ0v) is 6.97. The second-order valence-electron chi connectivity index (χ2n) is 2.42. The van der Waals surface area contributed by atoms with Crippen molar-refractivity contribution in [1.29, 1.82) is 0 Å². The van der Waals surface area contributed by atoms with Crippen LogP contribution in [0.25, 0.3) is 0 Å². The normalized spacial score (nSPS) is 11.2. The quantitative estimate of drug-likeness (QED) is 0.197. The van der Waals surface area contributed by atoms with Crippen molar-refractivity contribution in [3.63, 3.8) is 0 Å². The molecule has 0 aromatic rings. The summed E-state index contributed by atoms with van der Waals surface area (Å²) in [5.74, 6) is -0.802. The maximum absolute atomic E-state index is 10.5. The Hall–Kier alpha value is -1.66. The van der Waals surface area contributed by atoms with Crippen molar-refractivity contribution in [1.82, 2.24) is 0 Å². The van der Waals surface area contributed by atoms with Gasteiger partial charge in [-0.05, 0) is 12.8 Å². The minimum Gasteiger partial charge on any atom is -0.410 e. The van der Waals surface area contributed by atoms with Gasteiger partial charge in [-0.3, -0.25) is 14.9 Å². The van der Waals surface area contributed by atoms with Gasteiger partial charge < -0.3 is 10.9 Å². The third-order valence-corrected chi connectivity index (χ3v) is 1.41. The monoisotopic (exact) mass is 189 g/mol. The maximum atomic E-state index is 10.5. The van der Waals surface area contributed by atoms with Gasteiger partial charge in [-0.1, -0.05) is 5.16 Å². The molecule has 0 radical (unpaired) electrons. The Morgan fingerprint density at radius 3 is 2.54 bits per heavy atom. The molecule has 0 aliphatic carbocycles. The predicted molar refractivity (Wildman–Crippen MR) is 44.1 cm³/mol. The molecule has 0 bridgehead atoms. The fourth-order valence-corrected chi connectivity index (χ4v) is 0.756. The van der Waals surface area contributed by atoms with Gasteiger partial charge in [0.05, 0.1) is 0 Å². The van der Waals surface area contributed by atoms with Crippen LogP contribution in [0.3, 0.4) is 0 Å². The van der Waals surface area contributed by atoms with E-state index in [0.29, 0.717) is 12.8 Å². The molecule has 0 aliphatic rings. The van der Waals surface area contributed by atoms with Gasteiger partial charge in [-0.2, -0.15) is 0 Å². The number of hydrogen-bond acceptors (Lipinski definition) is 5. The number of carbonyl (C=O) groups is 1. The molecule has 1 amide bonds. The highest BCUT2D eigenvalue weighted by Crippen LogP contribution is 1.97. The molecule has 0 spiro atoms. The van der Waals surface area contributed by atoms with Crippen LogP contribution in [0.2, 0.25) is 0 Å². The van der Waals surface area contributed by atoms with E-state index in [-0.39, 0.29) is 18.7 Å². The second kappa shape index (κ2) is 5.92. The topological polar surface area (TPSA) is 119 Å². The first-order chi connectivity index (χ1) is 6.07. The molecule has 13 heavy (non-hydrogen) atoms. The molecule has 0 fully saturated rings. The third kappa shape index (κ3) is 5.59. The summed E-state index contributed by atoms with van der Waals surface area (Å²) in [4.78, 5) is 19.9. The average Bonchev–Trinajstić information content (AvgIpc) is 2.03. The molecule has 0 saturated heterocycles. The van der Waals surface area contributed by atoms with Crippen LogP contribution >= 0.6 is 0 Å². The summed E-state index contributed by atoms with van der Waals surface area (Å²) < 4.78 is 0. The first kappa shape index (κ1) is 11.3. The lowest BCUT2D eigenvalue weighted by atomic mass is 10.1. The number of primary amides is 1. The van der Waals surface area contributed by atoms with Crippen LogP contribution in [0, 0.1) is 10.1 Å². The minimum atomic E-state index is -0.802. The Bertz CT molecular complexity index is 226. The molecule has 0 aliphatic heterocycles. The number of carbonyl (C=O) groups excluding carboxylic acids is 1. The number of oxime groups is 1. The fraction of sp³-hybridized carbons (Fsp3) is 0.667. The van der Waals surface area contributed by atoms with Crippen LogP contribution in [-0.2, 0) is 4.79 Å². The van der Waals surface area contributed by atoms with E-state index in [1.165, 1.54) is 0 Å². The SMILES string of the molecule is NC(=O)/C(CCCC[N+](=O)[O-])=N/O. The van der Waals surface area contributed by atoms with Gasteiger partial charge in [-0.15, -0.1) is 0 Å². The molecular formula is C6H11N3O4. The van der Waals surface area contributed by atoms with Crippen LogP contribution in [0.1, 0.15) is 19.3 Å². The number of rotatable bonds is 6. The van der Waals surface area contributed by atoms with Crippen LogP contribution in [0.4, 0.5) is 0 Å². The molecule has 0 aromatic carbocycles. The smallest absolute Gasteiger partial charge is 0.266 e. The molecule has 7 nitrogen and oxygen atoms in total. The van der Waals surface area contributed by atoms with E-state index in [9.17, 15) is 14.9 Å². The van der Waals surface area contributed by atoms with E-state index in [2.05, 4.69) is 5.16 Å². The molecule has 0 unspecified atom stereocenters. The van der Waals surface area contributed by atoms with Gasteiger partial charge in [0.25, 0.3) is 5.91 Å². The van der Waals surface area contributed by atoms with Crippen LogP contribution in [-0.4, -0.2) is 28.3 Å². The van der Waals surface area contributed by atoms with Crippen molar-refractivity contribution < 1.29 is 14.9 Å². The van der Waals surface area contributed by atoms with Crippen LogP contribution in [0.5, 0.6) is 0 Å². The van der Waals surface area contributed by atoms with Gasteiger partial charge in [0.2, 0.25) is 6.54 Å². The van der Waals surface area contributed by atoms with Crippen LogP contribution < -0.4 is 5.73 Å². The summed E-state index contributed by atoms with van der Waals surface area (Å²) in [7, 11) is 0. The van der Waals surface area contributed by atoms with E-state index in [4.69, 9.17) is 10.9 Å². The van der Waals surface area contributed by atoms with E-state index in [0.717, 1.165) is 0 Å². The summed E-state index contributed by atoms with van der Waals surface area (Å²) in [6.07, 6.45) is 0.905. The van der Waals surface area contributed by atoms with Crippen molar-refractivity contribution in [2.75, 3.05) is 6.54 Å². The van der Waals surface area contributed by atoms with Crippen molar-refractivity contribution in [2.45, 2.75) is 19.3 Å². The Balaban J connectivity index is 3.63. The van der Waals surface area contributed by atoms with Gasteiger partial charge in [0, 0.05) is 11.3 Å².